The minimum absolute atomic E-state index is 0.243. The molecular weight excluding hydrogens is 396 g/mol. The number of aromatic nitrogens is 2. The number of ether oxygens (including phenoxy) is 1. The lowest BCUT2D eigenvalue weighted by atomic mass is 10.0. The number of hydrogen-bond donors (Lipinski definition) is 0. The number of thiophene rings is 1. The lowest BCUT2D eigenvalue weighted by Crippen LogP contribution is -2.33. The van der Waals surface area contributed by atoms with Crippen molar-refractivity contribution in [2.24, 2.45) is 0 Å². The van der Waals surface area contributed by atoms with Crippen molar-refractivity contribution < 1.29 is 9.53 Å². The van der Waals surface area contributed by atoms with Crippen LogP contribution in [-0.4, -0.2) is 22.6 Å². The molecule has 0 aliphatic rings. The van der Waals surface area contributed by atoms with E-state index >= 15 is 0 Å². The minimum Gasteiger partial charge on any atom is -0.467 e. The fraction of sp³-hybridized carbons (Fsp3) is 0.208. The van der Waals surface area contributed by atoms with Crippen molar-refractivity contribution in [3.05, 3.63) is 87.3 Å². The summed E-state index contributed by atoms with van der Waals surface area (Å²) in [6.45, 7) is 3.85. The van der Waals surface area contributed by atoms with Gasteiger partial charge in [0.2, 0.25) is 0 Å². The van der Waals surface area contributed by atoms with Gasteiger partial charge in [0.05, 0.1) is 12.5 Å². The van der Waals surface area contributed by atoms with E-state index < -0.39 is 12.0 Å². The average molecular weight is 419 g/mol. The molecule has 0 amide bonds. The van der Waals surface area contributed by atoms with Crippen LogP contribution in [0, 0.1) is 6.92 Å². The second-order valence-electron chi connectivity index (χ2n) is 7.05. The second kappa shape index (κ2) is 8.24. The Bertz CT molecular complexity index is 1260. The Morgan fingerprint density at radius 1 is 1.13 bits per heavy atom. The van der Waals surface area contributed by atoms with Gasteiger partial charge < -0.3 is 4.74 Å². The number of hydrogen-bond acceptors (Lipinski definition) is 5. The van der Waals surface area contributed by atoms with Crippen molar-refractivity contribution in [2.75, 3.05) is 7.11 Å². The maximum Gasteiger partial charge on any atom is 0.333 e. The monoisotopic (exact) mass is 418 g/mol. The Hall–Kier alpha value is -3.25. The van der Waals surface area contributed by atoms with Crippen LogP contribution in [0.5, 0.6) is 0 Å². The van der Waals surface area contributed by atoms with Gasteiger partial charge in [-0.05, 0) is 30.0 Å². The highest BCUT2D eigenvalue weighted by Gasteiger charge is 2.28. The quantitative estimate of drug-likeness (QED) is 0.439. The summed E-state index contributed by atoms with van der Waals surface area (Å²) in [4.78, 5) is 31.7. The van der Waals surface area contributed by atoms with Crippen molar-refractivity contribution in [3.8, 4) is 11.1 Å². The lowest BCUT2D eigenvalue weighted by molar-refractivity contribution is -0.143. The molecular formula is C24H22N2O3S. The van der Waals surface area contributed by atoms with Gasteiger partial charge in [-0.2, -0.15) is 0 Å². The van der Waals surface area contributed by atoms with Crippen molar-refractivity contribution >= 4 is 27.5 Å². The first kappa shape index (κ1) is 20.0. The number of esters is 1. The molecule has 0 radical (unpaired) electrons. The molecule has 4 rings (SSSR count). The molecule has 6 heteroatoms. The molecule has 0 N–H and O–H groups in total. The highest BCUT2D eigenvalue weighted by molar-refractivity contribution is 7.17. The molecule has 1 unspecified atom stereocenters. The molecule has 30 heavy (non-hydrogen) atoms. The zero-order valence-corrected chi connectivity index (χ0v) is 17.9. The number of nitrogens with zero attached hydrogens (tertiary/aromatic N) is 2. The van der Waals surface area contributed by atoms with Gasteiger partial charge in [-0.1, -0.05) is 61.5 Å². The molecule has 2 aromatic carbocycles. The van der Waals surface area contributed by atoms with Crippen LogP contribution in [0.1, 0.15) is 29.9 Å². The number of rotatable bonds is 5. The molecule has 2 aromatic heterocycles. The van der Waals surface area contributed by atoms with Crippen LogP contribution < -0.4 is 5.56 Å². The first-order chi connectivity index (χ1) is 14.5. The first-order valence-electron chi connectivity index (χ1n) is 9.77. The van der Waals surface area contributed by atoms with E-state index in [4.69, 9.17) is 4.74 Å². The lowest BCUT2D eigenvalue weighted by Gasteiger charge is -2.20. The van der Waals surface area contributed by atoms with E-state index in [9.17, 15) is 9.59 Å². The van der Waals surface area contributed by atoms with Crippen LogP contribution >= 0.6 is 11.3 Å². The van der Waals surface area contributed by atoms with Crippen LogP contribution in [0.4, 0.5) is 0 Å². The highest BCUT2D eigenvalue weighted by Crippen LogP contribution is 2.32. The summed E-state index contributed by atoms with van der Waals surface area (Å²) in [6, 6.07) is 16.5. The summed E-state index contributed by atoms with van der Waals surface area (Å²) >= 11 is 1.44. The van der Waals surface area contributed by atoms with E-state index in [-0.39, 0.29) is 5.56 Å². The van der Waals surface area contributed by atoms with E-state index in [1.165, 1.54) is 28.6 Å². The van der Waals surface area contributed by atoms with Crippen LogP contribution in [0.15, 0.2) is 64.8 Å². The number of aryl methyl sites for hydroxylation is 2. The Balaban J connectivity index is 1.96. The number of fused-ring (bicyclic) bond motifs is 1. The van der Waals surface area contributed by atoms with E-state index in [2.05, 4.69) is 24.0 Å². The van der Waals surface area contributed by atoms with Crippen molar-refractivity contribution in [3.63, 3.8) is 0 Å². The molecule has 0 aliphatic carbocycles. The predicted octanol–water partition coefficient (Wildman–Crippen LogP) is 4.76. The molecule has 0 aliphatic heterocycles. The van der Waals surface area contributed by atoms with E-state index in [0.717, 1.165) is 17.5 Å². The van der Waals surface area contributed by atoms with Gasteiger partial charge in [0.25, 0.3) is 5.56 Å². The third-order valence-corrected chi connectivity index (χ3v) is 6.16. The average Bonchev–Trinajstić information content (AvgIpc) is 3.20. The smallest absolute Gasteiger partial charge is 0.333 e. The van der Waals surface area contributed by atoms with Crippen LogP contribution in [0.3, 0.4) is 0 Å². The van der Waals surface area contributed by atoms with Gasteiger partial charge in [0.15, 0.2) is 6.04 Å². The molecule has 0 bridgehead atoms. The molecule has 5 nitrogen and oxygen atoms in total. The Morgan fingerprint density at radius 3 is 2.47 bits per heavy atom. The van der Waals surface area contributed by atoms with Crippen molar-refractivity contribution in [1.29, 1.82) is 0 Å². The maximum absolute atomic E-state index is 13.7. The van der Waals surface area contributed by atoms with Gasteiger partial charge in [0, 0.05) is 10.9 Å². The Morgan fingerprint density at radius 2 is 1.83 bits per heavy atom. The van der Waals surface area contributed by atoms with Crippen LogP contribution in [-0.2, 0) is 16.0 Å². The van der Waals surface area contributed by atoms with Crippen LogP contribution in [0.25, 0.3) is 21.3 Å². The van der Waals surface area contributed by atoms with Gasteiger partial charge in [-0.15, -0.1) is 11.3 Å². The zero-order chi connectivity index (χ0) is 21.3. The molecule has 0 spiro atoms. The predicted molar refractivity (Wildman–Crippen MR) is 120 cm³/mol. The summed E-state index contributed by atoms with van der Waals surface area (Å²) in [7, 11) is 1.33. The molecule has 2 heterocycles. The number of carbonyl (C=O) groups excluding carboxylic acids is 1. The topological polar surface area (TPSA) is 61.2 Å². The summed E-state index contributed by atoms with van der Waals surface area (Å²) in [6.07, 6.45) is 0.954. The van der Waals surface area contributed by atoms with E-state index in [0.29, 0.717) is 21.6 Å². The van der Waals surface area contributed by atoms with Gasteiger partial charge in [-0.3, -0.25) is 9.36 Å². The van der Waals surface area contributed by atoms with Crippen LogP contribution in [0.2, 0.25) is 0 Å². The Labute approximate surface area is 178 Å². The molecule has 152 valence electrons. The third kappa shape index (κ3) is 3.44. The van der Waals surface area contributed by atoms with E-state index in [1.54, 1.807) is 6.92 Å². The van der Waals surface area contributed by atoms with Crippen molar-refractivity contribution in [2.45, 2.75) is 26.3 Å². The molecule has 0 saturated carbocycles. The zero-order valence-electron chi connectivity index (χ0n) is 17.1. The standard InChI is InChI=1S/C24H22N2O3S/c1-4-16-10-12-17(13-11-16)19-14-30-22-20(19)23(27)26(15(2)25-22)21(24(28)29-3)18-8-6-5-7-9-18/h5-14,21H,4H2,1-3H3. The minimum atomic E-state index is -0.893. The first-order valence-corrected chi connectivity index (χ1v) is 10.7. The summed E-state index contributed by atoms with van der Waals surface area (Å²) in [5, 5.41) is 2.49. The fourth-order valence-corrected chi connectivity index (χ4v) is 4.66. The van der Waals surface area contributed by atoms with Gasteiger partial charge >= 0.3 is 5.97 Å². The largest absolute Gasteiger partial charge is 0.467 e. The molecule has 0 fully saturated rings. The molecule has 4 aromatic rings. The molecule has 1 atom stereocenters. The summed E-state index contributed by atoms with van der Waals surface area (Å²) in [5.74, 6) is -0.0295. The maximum atomic E-state index is 13.7. The molecule has 0 saturated heterocycles. The number of benzene rings is 2. The SMILES string of the molecule is CCc1ccc(-c2csc3nc(C)n(C(C(=O)OC)c4ccccc4)c(=O)c23)cc1. The summed E-state index contributed by atoms with van der Waals surface area (Å²) < 4.78 is 6.49. The fourth-order valence-electron chi connectivity index (χ4n) is 3.68. The summed E-state index contributed by atoms with van der Waals surface area (Å²) in [5.41, 5.74) is 3.47. The van der Waals surface area contributed by atoms with E-state index in [1.807, 2.05) is 47.8 Å². The normalized spacial score (nSPS) is 12.1. The van der Waals surface area contributed by atoms with Gasteiger partial charge in [0.1, 0.15) is 10.7 Å². The van der Waals surface area contributed by atoms with Crippen molar-refractivity contribution in [1.82, 2.24) is 9.55 Å². The van der Waals surface area contributed by atoms with Gasteiger partial charge in [-0.25, -0.2) is 9.78 Å². The second-order valence-corrected chi connectivity index (χ2v) is 7.91. The Kier molecular flexibility index (Phi) is 5.50. The number of carbonyl (C=O) groups is 1. The number of methoxy groups -OCH3 is 1. The third-order valence-electron chi connectivity index (χ3n) is 5.29. The highest BCUT2D eigenvalue weighted by atomic mass is 32.1.